The normalized spacial score (nSPS) is 11.2. The van der Waals surface area contributed by atoms with Gasteiger partial charge in [-0.25, -0.2) is 0 Å². The number of ketones is 1. The zero-order valence-electron chi connectivity index (χ0n) is 18.4. The molecule has 2 heterocycles. The summed E-state index contributed by atoms with van der Waals surface area (Å²) < 4.78 is 13.4. The molecule has 0 aliphatic carbocycles. The van der Waals surface area contributed by atoms with Gasteiger partial charge in [-0.2, -0.15) is 5.10 Å². The van der Waals surface area contributed by atoms with Crippen LogP contribution in [0.5, 0.6) is 11.5 Å². The molecule has 2 aromatic heterocycles. The highest BCUT2D eigenvalue weighted by Crippen LogP contribution is 2.27. The lowest BCUT2D eigenvalue weighted by molar-refractivity contribution is 0.104. The van der Waals surface area contributed by atoms with Gasteiger partial charge in [0, 0.05) is 29.4 Å². The fraction of sp³-hybridized carbons (Fsp3) is 0.192. The number of hydrogen-bond acceptors (Lipinski definition) is 5. The first-order chi connectivity index (χ1) is 15.6. The van der Waals surface area contributed by atoms with Crippen LogP contribution in [0.1, 0.15) is 34.1 Å². The van der Waals surface area contributed by atoms with Gasteiger partial charge in [0.15, 0.2) is 5.78 Å². The second-order valence-corrected chi connectivity index (χ2v) is 7.35. The summed E-state index contributed by atoms with van der Waals surface area (Å²) in [6.45, 7) is 4.95. The molecule has 0 aliphatic heterocycles. The van der Waals surface area contributed by atoms with Crippen molar-refractivity contribution in [1.29, 1.82) is 0 Å². The molecule has 0 fully saturated rings. The lowest BCUT2D eigenvalue weighted by Gasteiger charge is -2.12. The largest absolute Gasteiger partial charge is 0.496 e. The maximum absolute atomic E-state index is 12.6. The van der Waals surface area contributed by atoms with Gasteiger partial charge in [-0.3, -0.25) is 14.5 Å². The van der Waals surface area contributed by atoms with E-state index in [9.17, 15) is 4.79 Å². The molecule has 0 spiro atoms. The van der Waals surface area contributed by atoms with E-state index in [1.165, 1.54) is 0 Å². The van der Waals surface area contributed by atoms with E-state index in [0.29, 0.717) is 17.9 Å². The highest BCUT2D eigenvalue weighted by Gasteiger charge is 2.11. The number of para-hydroxylation sites is 1. The second-order valence-electron chi connectivity index (χ2n) is 7.35. The Labute approximate surface area is 187 Å². The number of nitrogens with zero attached hydrogens (tertiary/aromatic N) is 3. The minimum atomic E-state index is -0.0716. The van der Waals surface area contributed by atoms with Gasteiger partial charge in [0.25, 0.3) is 0 Å². The minimum absolute atomic E-state index is 0.0716. The van der Waals surface area contributed by atoms with Crippen molar-refractivity contribution in [3.8, 4) is 11.5 Å². The van der Waals surface area contributed by atoms with Crippen LogP contribution < -0.4 is 9.47 Å². The van der Waals surface area contributed by atoms with E-state index in [4.69, 9.17) is 9.47 Å². The average molecular weight is 428 g/mol. The summed E-state index contributed by atoms with van der Waals surface area (Å²) in [5.41, 5.74) is 4.07. The molecule has 0 radical (unpaired) electrons. The number of benzene rings is 2. The molecule has 4 rings (SSSR count). The van der Waals surface area contributed by atoms with Crippen LogP contribution in [-0.2, 0) is 13.2 Å². The number of hydrogen-bond donors (Lipinski definition) is 0. The van der Waals surface area contributed by atoms with Crippen molar-refractivity contribution >= 4 is 22.8 Å². The van der Waals surface area contributed by atoms with E-state index < -0.39 is 0 Å². The molecule has 0 saturated heterocycles. The number of pyridine rings is 1. The number of allylic oxidation sites excluding steroid dienone is 1. The molecule has 6 heteroatoms. The Bertz CT molecular complexity index is 1290. The maximum atomic E-state index is 12.6. The Morgan fingerprint density at radius 1 is 1.12 bits per heavy atom. The summed E-state index contributed by atoms with van der Waals surface area (Å²) >= 11 is 0. The molecule has 0 amide bonds. The Morgan fingerprint density at radius 2 is 1.97 bits per heavy atom. The van der Waals surface area contributed by atoms with Gasteiger partial charge in [0.05, 0.1) is 18.9 Å². The molecule has 0 aliphatic rings. The quantitative estimate of drug-likeness (QED) is 0.284. The van der Waals surface area contributed by atoms with Crippen molar-refractivity contribution in [2.45, 2.75) is 27.0 Å². The van der Waals surface area contributed by atoms with Crippen molar-refractivity contribution in [2.24, 2.45) is 0 Å². The van der Waals surface area contributed by atoms with E-state index in [-0.39, 0.29) is 5.78 Å². The SMILES string of the molecule is CCn1ncc(C(=O)/C=C/c2ccc(OC)c(COc3cccc4cccnc34)c2)c1C. The van der Waals surface area contributed by atoms with Gasteiger partial charge in [-0.1, -0.05) is 30.3 Å². The predicted molar refractivity (Wildman–Crippen MR) is 125 cm³/mol. The van der Waals surface area contributed by atoms with E-state index in [2.05, 4.69) is 10.1 Å². The Balaban J connectivity index is 1.54. The fourth-order valence-electron chi connectivity index (χ4n) is 3.63. The van der Waals surface area contributed by atoms with Crippen LogP contribution >= 0.6 is 0 Å². The van der Waals surface area contributed by atoms with Crippen LogP contribution in [0.3, 0.4) is 0 Å². The first-order valence-electron chi connectivity index (χ1n) is 10.5. The molecule has 2 aromatic carbocycles. The summed E-state index contributed by atoms with van der Waals surface area (Å²) in [6, 6.07) is 15.5. The number of aromatic nitrogens is 3. The van der Waals surface area contributed by atoms with Gasteiger partial charge >= 0.3 is 0 Å². The zero-order valence-corrected chi connectivity index (χ0v) is 18.4. The van der Waals surface area contributed by atoms with Crippen molar-refractivity contribution in [3.05, 3.63) is 89.4 Å². The van der Waals surface area contributed by atoms with Crippen molar-refractivity contribution in [2.75, 3.05) is 7.11 Å². The summed E-state index contributed by atoms with van der Waals surface area (Å²) in [5.74, 6) is 1.36. The monoisotopic (exact) mass is 427 g/mol. The van der Waals surface area contributed by atoms with E-state index in [1.54, 1.807) is 31.7 Å². The standard InChI is InChI=1S/C26H25N3O3/c1-4-29-18(2)22(16-28-29)23(30)12-10-19-11-13-24(31-3)21(15-19)17-32-25-9-5-7-20-8-6-14-27-26(20)25/h5-16H,4,17H2,1-3H3/b12-10+. The van der Waals surface area contributed by atoms with E-state index >= 15 is 0 Å². The highest BCUT2D eigenvalue weighted by atomic mass is 16.5. The van der Waals surface area contributed by atoms with Crippen LogP contribution in [0.25, 0.3) is 17.0 Å². The molecule has 0 N–H and O–H groups in total. The van der Waals surface area contributed by atoms with Gasteiger partial charge in [-0.05, 0) is 49.8 Å². The van der Waals surface area contributed by atoms with Crippen LogP contribution in [0.2, 0.25) is 0 Å². The molecule has 0 bridgehead atoms. The van der Waals surface area contributed by atoms with Gasteiger partial charge in [0.2, 0.25) is 0 Å². The Morgan fingerprint density at radius 3 is 2.75 bits per heavy atom. The lowest BCUT2D eigenvalue weighted by atomic mass is 10.1. The van der Waals surface area contributed by atoms with Crippen molar-refractivity contribution < 1.29 is 14.3 Å². The molecular weight excluding hydrogens is 402 g/mol. The molecule has 0 saturated carbocycles. The van der Waals surface area contributed by atoms with Crippen LogP contribution in [0.15, 0.2) is 67.0 Å². The van der Waals surface area contributed by atoms with Crippen LogP contribution in [0.4, 0.5) is 0 Å². The number of rotatable bonds is 8. The first kappa shape index (κ1) is 21.3. The summed E-state index contributed by atoms with van der Waals surface area (Å²) in [6.07, 6.45) is 6.75. The molecule has 4 aromatic rings. The fourth-order valence-corrected chi connectivity index (χ4v) is 3.63. The molecule has 162 valence electrons. The van der Waals surface area contributed by atoms with Gasteiger partial charge < -0.3 is 9.47 Å². The minimum Gasteiger partial charge on any atom is -0.496 e. The third kappa shape index (κ3) is 4.39. The summed E-state index contributed by atoms with van der Waals surface area (Å²) in [4.78, 5) is 17.0. The summed E-state index contributed by atoms with van der Waals surface area (Å²) in [5, 5.41) is 5.27. The number of ether oxygens (including phenoxy) is 2. The lowest BCUT2D eigenvalue weighted by Crippen LogP contribution is -2.02. The predicted octanol–water partition coefficient (Wildman–Crippen LogP) is 5.24. The van der Waals surface area contributed by atoms with E-state index in [0.717, 1.165) is 40.0 Å². The zero-order chi connectivity index (χ0) is 22.5. The molecule has 0 atom stereocenters. The smallest absolute Gasteiger partial charge is 0.189 e. The number of carbonyl (C=O) groups excluding carboxylic acids is 1. The first-order valence-corrected chi connectivity index (χ1v) is 10.5. The number of carbonyl (C=O) groups is 1. The van der Waals surface area contributed by atoms with Crippen LogP contribution in [0, 0.1) is 6.92 Å². The number of fused-ring (bicyclic) bond motifs is 1. The Kier molecular flexibility index (Phi) is 6.31. The maximum Gasteiger partial charge on any atom is 0.189 e. The van der Waals surface area contributed by atoms with Crippen molar-refractivity contribution in [1.82, 2.24) is 14.8 Å². The Hall–Kier alpha value is -3.93. The van der Waals surface area contributed by atoms with E-state index in [1.807, 2.05) is 67.1 Å². The third-order valence-corrected chi connectivity index (χ3v) is 5.38. The third-order valence-electron chi connectivity index (χ3n) is 5.38. The van der Waals surface area contributed by atoms with Crippen LogP contribution in [-0.4, -0.2) is 27.7 Å². The highest BCUT2D eigenvalue weighted by molar-refractivity contribution is 6.07. The molecule has 32 heavy (non-hydrogen) atoms. The molecule has 0 unspecified atom stereocenters. The second kappa shape index (κ2) is 9.47. The van der Waals surface area contributed by atoms with Gasteiger partial charge in [-0.15, -0.1) is 0 Å². The molecular formula is C26H25N3O3. The summed E-state index contributed by atoms with van der Waals surface area (Å²) in [7, 11) is 1.63. The average Bonchev–Trinajstić information content (AvgIpc) is 3.21. The number of methoxy groups -OCH3 is 1. The topological polar surface area (TPSA) is 66.2 Å². The van der Waals surface area contributed by atoms with Crippen molar-refractivity contribution in [3.63, 3.8) is 0 Å². The number of aryl methyl sites for hydroxylation is 1. The molecule has 6 nitrogen and oxygen atoms in total. The van der Waals surface area contributed by atoms with Gasteiger partial charge in [0.1, 0.15) is 23.6 Å².